The van der Waals surface area contributed by atoms with Gasteiger partial charge in [-0.3, -0.25) is 9.59 Å². The molecular weight excluding hydrogens is 316 g/mol. The van der Waals surface area contributed by atoms with E-state index in [2.05, 4.69) is 26.8 Å². The molecule has 2 aliphatic rings. The van der Waals surface area contributed by atoms with Crippen LogP contribution in [-0.2, 0) is 19.1 Å². The second-order valence-corrected chi connectivity index (χ2v) is 7.97. The van der Waals surface area contributed by atoms with Crippen LogP contribution < -0.4 is 0 Å². The van der Waals surface area contributed by atoms with Crippen LogP contribution in [0, 0.1) is 11.3 Å². The van der Waals surface area contributed by atoms with E-state index in [0.717, 1.165) is 44.0 Å². The van der Waals surface area contributed by atoms with Crippen LogP contribution in [0.3, 0.4) is 0 Å². The molecule has 0 aromatic carbocycles. The molecule has 1 saturated carbocycles. The van der Waals surface area contributed by atoms with E-state index in [4.69, 9.17) is 9.47 Å². The van der Waals surface area contributed by atoms with Crippen LogP contribution in [0.5, 0.6) is 0 Å². The molecule has 0 N–H and O–H groups in total. The molecule has 25 heavy (non-hydrogen) atoms. The van der Waals surface area contributed by atoms with E-state index in [1.807, 2.05) is 6.92 Å². The van der Waals surface area contributed by atoms with Crippen molar-refractivity contribution in [3.63, 3.8) is 0 Å². The fourth-order valence-corrected chi connectivity index (χ4v) is 3.89. The molecule has 2 rings (SSSR count). The Morgan fingerprint density at radius 1 is 1.20 bits per heavy atom. The van der Waals surface area contributed by atoms with Gasteiger partial charge in [0.2, 0.25) is 0 Å². The van der Waals surface area contributed by atoms with Crippen LogP contribution in [0.1, 0.15) is 66.2 Å². The lowest BCUT2D eigenvalue weighted by atomic mass is 9.63. The van der Waals surface area contributed by atoms with Gasteiger partial charge in [-0.25, -0.2) is 0 Å². The van der Waals surface area contributed by atoms with Crippen LogP contribution in [0.15, 0.2) is 23.3 Å². The summed E-state index contributed by atoms with van der Waals surface area (Å²) >= 11 is 0. The van der Waals surface area contributed by atoms with Crippen molar-refractivity contribution in [1.82, 2.24) is 0 Å². The van der Waals surface area contributed by atoms with E-state index in [1.165, 1.54) is 5.57 Å². The number of hydrogen-bond donors (Lipinski definition) is 0. The molecule has 0 aromatic heterocycles. The summed E-state index contributed by atoms with van der Waals surface area (Å²) in [6.45, 7) is 9.55. The van der Waals surface area contributed by atoms with Crippen molar-refractivity contribution in [2.24, 2.45) is 11.3 Å². The van der Waals surface area contributed by atoms with Gasteiger partial charge in [-0.05, 0) is 51.5 Å². The number of allylic oxidation sites excluding steroid dienone is 4. The second kappa shape index (κ2) is 8.41. The maximum absolute atomic E-state index is 12.9. The van der Waals surface area contributed by atoms with Gasteiger partial charge in [0.15, 0.2) is 5.79 Å². The van der Waals surface area contributed by atoms with Crippen LogP contribution in [0.4, 0.5) is 0 Å². The summed E-state index contributed by atoms with van der Waals surface area (Å²) in [4.78, 5) is 23.3. The third-order valence-electron chi connectivity index (χ3n) is 6.01. The van der Waals surface area contributed by atoms with Crippen molar-refractivity contribution in [2.75, 3.05) is 13.2 Å². The predicted octanol–water partition coefficient (Wildman–Crippen LogP) is 4.39. The highest BCUT2D eigenvalue weighted by molar-refractivity contribution is 5.86. The lowest BCUT2D eigenvalue weighted by molar-refractivity contribution is -0.202. The van der Waals surface area contributed by atoms with Crippen molar-refractivity contribution in [3.05, 3.63) is 23.3 Å². The Morgan fingerprint density at radius 3 is 2.48 bits per heavy atom. The van der Waals surface area contributed by atoms with Crippen LogP contribution in [-0.4, -0.2) is 31.1 Å². The van der Waals surface area contributed by atoms with E-state index in [9.17, 15) is 9.59 Å². The number of carbonyl (C=O) groups is 2. The molecule has 140 valence electrons. The lowest BCUT2D eigenvalue weighted by Gasteiger charge is -2.45. The van der Waals surface area contributed by atoms with Gasteiger partial charge in [-0.1, -0.05) is 31.1 Å². The molecule has 2 fully saturated rings. The van der Waals surface area contributed by atoms with E-state index < -0.39 is 5.79 Å². The first-order chi connectivity index (χ1) is 11.8. The van der Waals surface area contributed by atoms with Crippen molar-refractivity contribution in [1.29, 1.82) is 0 Å². The maximum atomic E-state index is 12.9. The molecule has 1 heterocycles. The molecule has 1 aliphatic carbocycles. The summed E-state index contributed by atoms with van der Waals surface area (Å²) in [6.07, 6.45) is 9.51. The Kier molecular flexibility index (Phi) is 6.75. The van der Waals surface area contributed by atoms with Gasteiger partial charge in [-0.2, -0.15) is 0 Å². The standard InChI is InChI=1S/C21H32O4/c1-16(6-5-7-17(2)9-11-22)8-10-20(4)18(3)14-21(15-19(20)23)24-12-13-25-21/h6,9,11,18H,5,7-8,10,12-15H2,1-4H3/b16-6+,17-9+/t18-,20+/m0/s1. The Bertz CT molecular complexity index is 554. The Morgan fingerprint density at radius 2 is 1.88 bits per heavy atom. The van der Waals surface area contributed by atoms with E-state index >= 15 is 0 Å². The summed E-state index contributed by atoms with van der Waals surface area (Å²) < 4.78 is 11.5. The number of hydrogen-bond acceptors (Lipinski definition) is 4. The predicted molar refractivity (Wildman–Crippen MR) is 98.2 cm³/mol. The van der Waals surface area contributed by atoms with Gasteiger partial charge < -0.3 is 9.47 Å². The van der Waals surface area contributed by atoms with Gasteiger partial charge in [-0.15, -0.1) is 0 Å². The average molecular weight is 348 g/mol. The van der Waals surface area contributed by atoms with E-state index in [1.54, 1.807) is 6.08 Å². The van der Waals surface area contributed by atoms with Crippen LogP contribution >= 0.6 is 0 Å². The largest absolute Gasteiger partial charge is 0.347 e. The smallest absolute Gasteiger partial charge is 0.175 e. The summed E-state index contributed by atoms with van der Waals surface area (Å²) in [6, 6.07) is 0. The molecule has 1 saturated heterocycles. The molecule has 1 aliphatic heterocycles. The Balaban J connectivity index is 1.89. The molecule has 0 radical (unpaired) electrons. The summed E-state index contributed by atoms with van der Waals surface area (Å²) in [5.74, 6) is -0.133. The maximum Gasteiger partial charge on any atom is 0.175 e. The third-order valence-corrected chi connectivity index (χ3v) is 6.01. The van der Waals surface area contributed by atoms with Gasteiger partial charge in [0.1, 0.15) is 12.1 Å². The highest BCUT2D eigenvalue weighted by Crippen LogP contribution is 2.48. The van der Waals surface area contributed by atoms with Crippen molar-refractivity contribution < 1.29 is 19.1 Å². The van der Waals surface area contributed by atoms with Crippen molar-refractivity contribution in [2.45, 2.75) is 72.0 Å². The zero-order chi connectivity index (χ0) is 18.5. The number of rotatable bonds is 7. The molecule has 4 heteroatoms. The SMILES string of the molecule is C/C(=C\C=O)CC/C=C(\C)CC[C@@]1(C)C(=O)CC2(C[C@@H]1C)OCCO2. The zero-order valence-electron chi connectivity index (χ0n) is 16.1. The van der Waals surface area contributed by atoms with Gasteiger partial charge in [0.05, 0.1) is 19.6 Å². The highest BCUT2D eigenvalue weighted by atomic mass is 16.7. The summed E-state index contributed by atoms with van der Waals surface area (Å²) in [7, 11) is 0. The molecule has 0 amide bonds. The minimum Gasteiger partial charge on any atom is -0.347 e. The number of ether oxygens (including phenoxy) is 2. The second-order valence-electron chi connectivity index (χ2n) is 7.97. The van der Waals surface area contributed by atoms with Crippen molar-refractivity contribution in [3.8, 4) is 0 Å². The monoisotopic (exact) mass is 348 g/mol. The Labute approximate surface area is 151 Å². The Hall–Kier alpha value is -1.26. The van der Waals surface area contributed by atoms with Gasteiger partial charge in [0, 0.05) is 11.8 Å². The first-order valence-corrected chi connectivity index (χ1v) is 9.39. The number of ketones is 1. The van der Waals surface area contributed by atoms with Gasteiger partial charge in [0.25, 0.3) is 0 Å². The van der Waals surface area contributed by atoms with Crippen molar-refractivity contribution >= 4 is 12.1 Å². The average Bonchev–Trinajstić information content (AvgIpc) is 2.99. The molecule has 1 spiro atoms. The molecule has 0 aromatic rings. The first-order valence-electron chi connectivity index (χ1n) is 9.39. The first kappa shape index (κ1) is 20.1. The van der Waals surface area contributed by atoms with E-state index in [-0.39, 0.29) is 17.1 Å². The number of carbonyl (C=O) groups excluding carboxylic acids is 2. The lowest BCUT2D eigenvalue weighted by Crippen LogP contribution is -2.50. The van der Waals surface area contributed by atoms with Crippen LogP contribution in [0.25, 0.3) is 0 Å². The molecule has 2 atom stereocenters. The topological polar surface area (TPSA) is 52.6 Å². The molecule has 0 unspecified atom stereocenters. The fraction of sp³-hybridized carbons (Fsp3) is 0.714. The highest BCUT2D eigenvalue weighted by Gasteiger charge is 2.53. The summed E-state index contributed by atoms with van der Waals surface area (Å²) in [5, 5.41) is 0. The molecular formula is C21H32O4. The van der Waals surface area contributed by atoms with Gasteiger partial charge >= 0.3 is 0 Å². The minimum absolute atomic E-state index is 0.248. The molecule has 4 nitrogen and oxygen atoms in total. The number of Topliss-reactive ketones (excluding diaryl/α,β-unsaturated/α-hetero) is 1. The van der Waals surface area contributed by atoms with E-state index in [0.29, 0.717) is 19.6 Å². The molecule has 0 bridgehead atoms. The normalized spacial score (nSPS) is 30.1. The summed E-state index contributed by atoms with van der Waals surface area (Å²) in [5.41, 5.74) is 2.11. The fourth-order valence-electron chi connectivity index (χ4n) is 3.89. The zero-order valence-corrected chi connectivity index (χ0v) is 16.1. The van der Waals surface area contributed by atoms with Crippen LogP contribution in [0.2, 0.25) is 0 Å². The third kappa shape index (κ3) is 4.89. The minimum atomic E-state index is -0.649. The number of aldehydes is 1. The quantitative estimate of drug-likeness (QED) is 0.389.